The fraction of sp³-hybridized carbons (Fsp3) is 0.100. The molecule has 0 aliphatic carbocycles. The third-order valence-electron chi connectivity index (χ3n) is 3.72. The fourth-order valence-corrected chi connectivity index (χ4v) is 2.30. The molecule has 1 heterocycles. The summed E-state index contributed by atoms with van der Waals surface area (Å²) >= 11 is 0. The van der Waals surface area contributed by atoms with Crippen molar-refractivity contribution < 1.29 is 14.0 Å². The molecule has 2 N–H and O–H groups in total. The van der Waals surface area contributed by atoms with Crippen LogP contribution in [0.1, 0.15) is 32.0 Å². The molecule has 5 nitrogen and oxygen atoms in total. The minimum atomic E-state index is -0.301. The molecule has 0 aliphatic rings. The first-order valence-corrected chi connectivity index (χ1v) is 7.90. The summed E-state index contributed by atoms with van der Waals surface area (Å²) in [6.45, 7) is 2.40. The molecule has 1 aromatic heterocycles. The van der Waals surface area contributed by atoms with Gasteiger partial charge in [-0.2, -0.15) is 0 Å². The van der Waals surface area contributed by atoms with Crippen molar-refractivity contribution in [3.63, 3.8) is 0 Å². The molecule has 0 saturated heterocycles. The minimum Gasteiger partial charge on any atom is -0.459 e. The Morgan fingerprint density at radius 3 is 2.28 bits per heavy atom. The van der Waals surface area contributed by atoms with E-state index in [1.54, 1.807) is 36.4 Å². The van der Waals surface area contributed by atoms with E-state index in [2.05, 4.69) is 10.6 Å². The van der Waals surface area contributed by atoms with Crippen LogP contribution in [0.5, 0.6) is 0 Å². The number of amides is 2. The van der Waals surface area contributed by atoms with E-state index in [1.165, 1.54) is 6.26 Å². The standard InChI is InChI=1S/C20H18N2O3/c1-14-4-8-16(9-5-14)19(23)21-13-15-6-10-17(11-7-15)22-20(24)18-3-2-12-25-18/h2-12H,13H2,1H3,(H,21,23)(H,22,24). The zero-order valence-corrected chi connectivity index (χ0v) is 13.8. The molecule has 3 rings (SSSR count). The van der Waals surface area contributed by atoms with Crippen LogP contribution in [0, 0.1) is 6.92 Å². The Balaban J connectivity index is 1.54. The van der Waals surface area contributed by atoms with Crippen LogP contribution in [-0.2, 0) is 6.54 Å². The van der Waals surface area contributed by atoms with Crippen molar-refractivity contribution in [2.45, 2.75) is 13.5 Å². The fourth-order valence-electron chi connectivity index (χ4n) is 2.30. The molecule has 0 unspecified atom stereocenters. The molecule has 5 heteroatoms. The maximum Gasteiger partial charge on any atom is 0.291 e. The average molecular weight is 334 g/mol. The average Bonchev–Trinajstić information content (AvgIpc) is 3.16. The lowest BCUT2D eigenvalue weighted by Crippen LogP contribution is -2.22. The number of benzene rings is 2. The van der Waals surface area contributed by atoms with E-state index in [1.807, 2.05) is 31.2 Å². The van der Waals surface area contributed by atoms with Crippen molar-refractivity contribution in [2.24, 2.45) is 0 Å². The van der Waals surface area contributed by atoms with Gasteiger partial charge in [0.05, 0.1) is 6.26 Å². The van der Waals surface area contributed by atoms with Gasteiger partial charge in [0.15, 0.2) is 5.76 Å². The van der Waals surface area contributed by atoms with Crippen LogP contribution in [-0.4, -0.2) is 11.8 Å². The predicted octanol–water partition coefficient (Wildman–Crippen LogP) is 3.77. The van der Waals surface area contributed by atoms with E-state index >= 15 is 0 Å². The molecule has 0 aliphatic heterocycles. The van der Waals surface area contributed by atoms with E-state index in [9.17, 15) is 9.59 Å². The Labute approximate surface area is 145 Å². The van der Waals surface area contributed by atoms with E-state index in [0.29, 0.717) is 17.8 Å². The van der Waals surface area contributed by atoms with Gasteiger partial charge in [-0.25, -0.2) is 0 Å². The number of carbonyl (C=O) groups is 2. The highest BCUT2D eigenvalue weighted by atomic mass is 16.3. The van der Waals surface area contributed by atoms with Gasteiger partial charge in [0, 0.05) is 17.8 Å². The SMILES string of the molecule is Cc1ccc(C(=O)NCc2ccc(NC(=O)c3ccco3)cc2)cc1. The maximum absolute atomic E-state index is 12.1. The summed E-state index contributed by atoms with van der Waals surface area (Å²) in [5.41, 5.74) is 3.35. The molecule has 25 heavy (non-hydrogen) atoms. The van der Waals surface area contributed by atoms with Crippen molar-refractivity contribution in [1.29, 1.82) is 0 Å². The third kappa shape index (κ3) is 4.35. The summed E-state index contributed by atoms with van der Waals surface area (Å²) in [4.78, 5) is 24.0. The second-order valence-corrected chi connectivity index (χ2v) is 5.68. The summed E-state index contributed by atoms with van der Waals surface area (Å²) in [5.74, 6) is -0.157. The zero-order chi connectivity index (χ0) is 17.6. The van der Waals surface area contributed by atoms with Crippen molar-refractivity contribution in [2.75, 3.05) is 5.32 Å². The van der Waals surface area contributed by atoms with Gasteiger partial charge in [0.1, 0.15) is 0 Å². The van der Waals surface area contributed by atoms with Gasteiger partial charge in [-0.3, -0.25) is 9.59 Å². The molecule has 0 fully saturated rings. The van der Waals surface area contributed by atoms with Crippen molar-refractivity contribution in [1.82, 2.24) is 5.32 Å². The van der Waals surface area contributed by atoms with Crippen LogP contribution in [0.2, 0.25) is 0 Å². The molecule has 0 atom stereocenters. The lowest BCUT2D eigenvalue weighted by Gasteiger charge is -2.07. The van der Waals surface area contributed by atoms with Gasteiger partial charge >= 0.3 is 0 Å². The number of hydrogen-bond acceptors (Lipinski definition) is 3. The topological polar surface area (TPSA) is 71.3 Å². The summed E-state index contributed by atoms with van der Waals surface area (Å²) in [6, 6.07) is 18.0. The highest BCUT2D eigenvalue weighted by Gasteiger charge is 2.09. The lowest BCUT2D eigenvalue weighted by atomic mass is 10.1. The second kappa shape index (κ2) is 7.49. The highest BCUT2D eigenvalue weighted by Crippen LogP contribution is 2.12. The summed E-state index contributed by atoms with van der Waals surface area (Å²) in [6.07, 6.45) is 1.45. The second-order valence-electron chi connectivity index (χ2n) is 5.68. The minimum absolute atomic E-state index is 0.116. The maximum atomic E-state index is 12.1. The molecule has 3 aromatic rings. The van der Waals surface area contributed by atoms with Crippen molar-refractivity contribution in [3.05, 3.63) is 89.4 Å². The monoisotopic (exact) mass is 334 g/mol. The molecule has 0 radical (unpaired) electrons. The van der Waals surface area contributed by atoms with Gasteiger partial charge in [0.25, 0.3) is 11.8 Å². The van der Waals surface area contributed by atoms with Crippen LogP contribution in [0.3, 0.4) is 0 Å². The summed E-state index contributed by atoms with van der Waals surface area (Å²) in [7, 11) is 0. The Morgan fingerprint density at radius 1 is 0.920 bits per heavy atom. The normalized spacial score (nSPS) is 10.3. The van der Waals surface area contributed by atoms with Crippen LogP contribution in [0.25, 0.3) is 0 Å². The summed E-state index contributed by atoms with van der Waals surface area (Å²) in [5, 5.41) is 5.62. The van der Waals surface area contributed by atoms with Gasteiger partial charge in [-0.15, -0.1) is 0 Å². The number of furan rings is 1. The van der Waals surface area contributed by atoms with Gasteiger partial charge < -0.3 is 15.1 Å². The molecular formula is C20H18N2O3. The summed E-state index contributed by atoms with van der Waals surface area (Å²) < 4.78 is 5.05. The smallest absolute Gasteiger partial charge is 0.291 e. The Hall–Kier alpha value is -3.34. The van der Waals surface area contributed by atoms with Crippen LogP contribution < -0.4 is 10.6 Å². The molecule has 0 bridgehead atoms. The number of aryl methyl sites for hydroxylation is 1. The number of hydrogen-bond donors (Lipinski definition) is 2. The Kier molecular flexibility index (Phi) is 4.95. The molecule has 2 amide bonds. The predicted molar refractivity (Wildman–Crippen MR) is 95.5 cm³/mol. The first kappa shape index (κ1) is 16.5. The number of rotatable bonds is 5. The van der Waals surface area contributed by atoms with Crippen LogP contribution in [0.4, 0.5) is 5.69 Å². The molecule has 0 saturated carbocycles. The van der Waals surface area contributed by atoms with E-state index in [-0.39, 0.29) is 17.6 Å². The quantitative estimate of drug-likeness (QED) is 0.746. The largest absolute Gasteiger partial charge is 0.459 e. The number of carbonyl (C=O) groups excluding carboxylic acids is 2. The molecular weight excluding hydrogens is 316 g/mol. The van der Waals surface area contributed by atoms with E-state index in [0.717, 1.165) is 11.1 Å². The van der Waals surface area contributed by atoms with Crippen molar-refractivity contribution in [3.8, 4) is 0 Å². The number of nitrogens with one attached hydrogen (secondary N) is 2. The highest BCUT2D eigenvalue weighted by molar-refractivity contribution is 6.02. The van der Waals surface area contributed by atoms with Gasteiger partial charge in [-0.1, -0.05) is 29.8 Å². The zero-order valence-electron chi connectivity index (χ0n) is 13.8. The molecule has 0 spiro atoms. The van der Waals surface area contributed by atoms with Crippen LogP contribution in [0.15, 0.2) is 71.3 Å². The third-order valence-corrected chi connectivity index (χ3v) is 3.72. The van der Waals surface area contributed by atoms with Gasteiger partial charge in [-0.05, 0) is 48.9 Å². The van der Waals surface area contributed by atoms with E-state index in [4.69, 9.17) is 4.42 Å². The lowest BCUT2D eigenvalue weighted by molar-refractivity contribution is 0.0950. The molecule has 126 valence electrons. The number of anilines is 1. The van der Waals surface area contributed by atoms with Crippen LogP contribution >= 0.6 is 0 Å². The first-order valence-electron chi connectivity index (χ1n) is 7.90. The molecule has 2 aromatic carbocycles. The Bertz CT molecular complexity index is 851. The van der Waals surface area contributed by atoms with Gasteiger partial charge in [0.2, 0.25) is 0 Å². The van der Waals surface area contributed by atoms with E-state index < -0.39 is 0 Å². The first-order chi connectivity index (χ1) is 12.1. The van der Waals surface area contributed by atoms with Crippen molar-refractivity contribution >= 4 is 17.5 Å². The Morgan fingerprint density at radius 2 is 1.64 bits per heavy atom.